The fraction of sp³-hybridized carbons (Fsp3) is 0.571. The number of phenolic OH excluding ortho intramolecular Hbond substituents is 2. The first-order valence-electron chi connectivity index (χ1n) is 6.49. The van der Waals surface area contributed by atoms with Crippen LogP contribution in [0.4, 0.5) is 0 Å². The van der Waals surface area contributed by atoms with E-state index < -0.39 is 0 Å². The first-order chi connectivity index (χ1) is 8.65. The second-order valence-corrected chi connectivity index (χ2v) is 4.98. The summed E-state index contributed by atoms with van der Waals surface area (Å²) >= 11 is 0. The molecule has 18 heavy (non-hydrogen) atoms. The Bertz CT molecular complexity index is 370. The van der Waals surface area contributed by atoms with Crippen LogP contribution in [0.25, 0.3) is 0 Å². The van der Waals surface area contributed by atoms with Crippen LogP contribution in [0.2, 0.25) is 0 Å². The molecule has 1 saturated carbocycles. The monoisotopic (exact) mass is 251 g/mol. The Morgan fingerprint density at radius 1 is 1.28 bits per heavy atom. The zero-order chi connectivity index (χ0) is 13.0. The van der Waals surface area contributed by atoms with Gasteiger partial charge in [-0.3, -0.25) is 0 Å². The lowest BCUT2D eigenvalue weighted by Crippen LogP contribution is -2.23. The molecule has 1 aromatic rings. The van der Waals surface area contributed by atoms with Gasteiger partial charge in [-0.2, -0.15) is 0 Å². The molecule has 1 fully saturated rings. The number of nitrogens with one attached hydrogen (secondary N) is 1. The molecule has 0 aromatic heterocycles. The molecule has 1 unspecified atom stereocenters. The van der Waals surface area contributed by atoms with E-state index >= 15 is 0 Å². The Hall–Kier alpha value is -1.26. The van der Waals surface area contributed by atoms with Gasteiger partial charge in [-0.1, -0.05) is 0 Å². The minimum Gasteiger partial charge on any atom is -0.508 e. The molecule has 0 aliphatic heterocycles. The number of hydrogen-bond acceptors (Lipinski definition) is 4. The molecule has 0 bridgehead atoms. The van der Waals surface area contributed by atoms with Gasteiger partial charge in [0.15, 0.2) is 0 Å². The fourth-order valence-electron chi connectivity index (χ4n) is 1.87. The van der Waals surface area contributed by atoms with Crippen LogP contribution >= 0.6 is 0 Å². The van der Waals surface area contributed by atoms with Crippen LogP contribution in [-0.4, -0.2) is 30.0 Å². The van der Waals surface area contributed by atoms with Crippen molar-refractivity contribution in [2.45, 2.75) is 25.8 Å². The first kappa shape index (κ1) is 13.2. The van der Waals surface area contributed by atoms with Crippen molar-refractivity contribution in [3.8, 4) is 11.5 Å². The van der Waals surface area contributed by atoms with Gasteiger partial charge in [0, 0.05) is 25.3 Å². The summed E-state index contributed by atoms with van der Waals surface area (Å²) in [6.07, 6.45) is 2.62. The zero-order valence-corrected chi connectivity index (χ0v) is 10.7. The molecule has 0 spiro atoms. The van der Waals surface area contributed by atoms with Gasteiger partial charge in [-0.15, -0.1) is 0 Å². The minimum absolute atomic E-state index is 0.0764. The highest BCUT2D eigenvalue weighted by Gasteiger charge is 2.20. The number of phenols is 2. The normalized spacial score (nSPS) is 16.7. The van der Waals surface area contributed by atoms with Crippen LogP contribution in [-0.2, 0) is 4.74 Å². The van der Waals surface area contributed by atoms with Crippen molar-refractivity contribution >= 4 is 0 Å². The Labute approximate surface area is 108 Å². The molecule has 2 rings (SSSR count). The van der Waals surface area contributed by atoms with Crippen molar-refractivity contribution in [2.24, 2.45) is 5.92 Å². The van der Waals surface area contributed by atoms with E-state index in [4.69, 9.17) is 4.74 Å². The van der Waals surface area contributed by atoms with E-state index in [1.165, 1.54) is 18.9 Å². The zero-order valence-electron chi connectivity index (χ0n) is 10.7. The van der Waals surface area contributed by atoms with Crippen molar-refractivity contribution in [2.75, 3.05) is 19.8 Å². The number of ether oxygens (including phenoxy) is 1. The lowest BCUT2D eigenvalue weighted by molar-refractivity contribution is 0.124. The van der Waals surface area contributed by atoms with E-state index in [0.29, 0.717) is 6.61 Å². The molecule has 0 saturated heterocycles. The van der Waals surface area contributed by atoms with Crippen molar-refractivity contribution in [3.63, 3.8) is 0 Å². The molecule has 1 aromatic carbocycles. The van der Waals surface area contributed by atoms with E-state index in [-0.39, 0.29) is 17.5 Å². The van der Waals surface area contributed by atoms with E-state index in [2.05, 4.69) is 5.32 Å². The van der Waals surface area contributed by atoms with Crippen molar-refractivity contribution < 1.29 is 14.9 Å². The fourth-order valence-corrected chi connectivity index (χ4v) is 1.87. The predicted octanol–water partition coefficient (Wildman–Crippen LogP) is 2.17. The summed E-state index contributed by atoms with van der Waals surface area (Å²) < 4.78 is 5.53. The molecular weight excluding hydrogens is 230 g/mol. The third kappa shape index (κ3) is 4.20. The maximum absolute atomic E-state index is 9.41. The lowest BCUT2D eigenvalue weighted by Gasteiger charge is -2.15. The molecule has 4 heteroatoms. The Morgan fingerprint density at radius 3 is 2.56 bits per heavy atom. The smallest absolute Gasteiger partial charge is 0.119 e. The van der Waals surface area contributed by atoms with Gasteiger partial charge in [-0.05, 0) is 43.4 Å². The SMILES string of the molecule is CC(NCCOCC1CC1)c1cc(O)cc(O)c1. The van der Waals surface area contributed by atoms with Crippen LogP contribution in [0, 0.1) is 5.92 Å². The van der Waals surface area contributed by atoms with Gasteiger partial charge in [0.05, 0.1) is 6.61 Å². The number of rotatable bonds is 7. The van der Waals surface area contributed by atoms with Gasteiger partial charge >= 0.3 is 0 Å². The summed E-state index contributed by atoms with van der Waals surface area (Å²) in [4.78, 5) is 0. The molecule has 1 aliphatic carbocycles. The van der Waals surface area contributed by atoms with Gasteiger partial charge in [0.2, 0.25) is 0 Å². The van der Waals surface area contributed by atoms with Gasteiger partial charge < -0.3 is 20.3 Å². The summed E-state index contributed by atoms with van der Waals surface area (Å²) in [5.74, 6) is 0.970. The predicted molar refractivity (Wildman–Crippen MR) is 69.7 cm³/mol. The molecule has 0 heterocycles. The van der Waals surface area contributed by atoms with Crippen LogP contribution in [0.3, 0.4) is 0 Å². The number of aromatic hydroxyl groups is 2. The van der Waals surface area contributed by atoms with E-state index in [9.17, 15) is 10.2 Å². The minimum atomic E-state index is 0.0764. The van der Waals surface area contributed by atoms with Crippen LogP contribution < -0.4 is 5.32 Å². The molecule has 3 N–H and O–H groups in total. The third-order valence-corrected chi connectivity index (χ3v) is 3.17. The second-order valence-electron chi connectivity index (χ2n) is 4.98. The van der Waals surface area contributed by atoms with Crippen LogP contribution in [0.1, 0.15) is 31.4 Å². The summed E-state index contributed by atoms with van der Waals surface area (Å²) in [6, 6.07) is 4.72. The summed E-state index contributed by atoms with van der Waals surface area (Å²) in [5.41, 5.74) is 0.870. The average Bonchev–Trinajstić information content (AvgIpc) is 3.11. The standard InChI is InChI=1S/C14H21NO3/c1-10(12-6-13(16)8-14(17)7-12)15-4-5-18-9-11-2-3-11/h6-8,10-11,15-17H,2-5,9H2,1H3. The summed E-state index contributed by atoms with van der Waals surface area (Å²) in [5, 5.41) is 22.1. The van der Waals surface area contributed by atoms with Gasteiger partial charge in [0.1, 0.15) is 11.5 Å². The third-order valence-electron chi connectivity index (χ3n) is 3.17. The molecule has 0 amide bonds. The topological polar surface area (TPSA) is 61.7 Å². The van der Waals surface area contributed by atoms with E-state index in [1.54, 1.807) is 12.1 Å². The van der Waals surface area contributed by atoms with E-state index in [0.717, 1.165) is 24.6 Å². The van der Waals surface area contributed by atoms with Crippen LogP contribution in [0.15, 0.2) is 18.2 Å². The Balaban J connectivity index is 1.70. The maximum atomic E-state index is 9.41. The lowest BCUT2D eigenvalue weighted by atomic mass is 10.1. The average molecular weight is 251 g/mol. The summed E-state index contributed by atoms with van der Waals surface area (Å²) in [7, 11) is 0. The van der Waals surface area contributed by atoms with Gasteiger partial charge in [0.25, 0.3) is 0 Å². The summed E-state index contributed by atoms with van der Waals surface area (Å²) in [6.45, 7) is 4.34. The van der Waals surface area contributed by atoms with Crippen molar-refractivity contribution in [1.82, 2.24) is 5.32 Å². The Morgan fingerprint density at radius 2 is 1.94 bits per heavy atom. The van der Waals surface area contributed by atoms with Crippen molar-refractivity contribution in [3.05, 3.63) is 23.8 Å². The number of hydrogen-bond donors (Lipinski definition) is 3. The first-order valence-corrected chi connectivity index (χ1v) is 6.49. The molecule has 4 nitrogen and oxygen atoms in total. The quantitative estimate of drug-likeness (QED) is 0.650. The Kier molecular flexibility index (Phi) is 4.44. The molecule has 0 radical (unpaired) electrons. The molecular formula is C14H21NO3. The highest BCUT2D eigenvalue weighted by atomic mass is 16.5. The van der Waals surface area contributed by atoms with Crippen LogP contribution in [0.5, 0.6) is 11.5 Å². The highest BCUT2D eigenvalue weighted by Crippen LogP contribution is 2.28. The highest BCUT2D eigenvalue weighted by molar-refractivity contribution is 5.37. The largest absolute Gasteiger partial charge is 0.508 e. The molecule has 1 atom stereocenters. The number of benzene rings is 1. The van der Waals surface area contributed by atoms with E-state index in [1.807, 2.05) is 6.92 Å². The van der Waals surface area contributed by atoms with Gasteiger partial charge in [-0.25, -0.2) is 0 Å². The second kappa shape index (κ2) is 6.07. The maximum Gasteiger partial charge on any atom is 0.119 e. The molecule has 100 valence electrons. The molecule has 1 aliphatic rings. The van der Waals surface area contributed by atoms with Crippen molar-refractivity contribution in [1.29, 1.82) is 0 Å².